The number of esters is 1. The summed E-state index contributed by atoms with van der Waals surface area (Å²) in [6.07, 6.45) is 1.43. The quantitative estimate of drug-likeness (QED) is 0.475. The third-order valence-electron chi connectivity index (χ3n) is 3.39. The van der Waals surface area contributed by atoms with E-state index in [1.807, 2.05) is 0 Å². The molecule has 0 unspecified atom stereocenters. The van der Waals surface area contributed by atoms with Gasteiger partial charge < -0.3 is 15.2 Å². The summed E-state index contributed by atoms with van der Waals surface area (Å²) in [6, 6.07) is 11.0. The zero-order chi connectivity index (χ0) is 17.5. The smallest absolute Gasteiger partial charge is 0.337 e. The maximum absolute atomic E-state index is 11.4. The number of ether oxygens (including phenoxy) is 2. The molecule has 0 spiro atoms. The van der Waals surface area contributed by atoms with Gasteiger partial charge in [-0.2, -0.15) is 0 Å². The van der Waals surface area contributed by atoms with Crippen LogP contribution in [0.4, 0.5) is 5.69 Å². The number of nitro groups is 1. The van der Waals surface area contributed by atoms with Crippen LogP contribution in [-0.2, 0) is 11.2 Å². The maximum Gasteiger partial charge on any atom is 0.337 e. The van der Waals surface area contributed by atoms with E-state index in [1.54, 1.807) is 24.3 Å². The molecule has 0 heterocycles. The zero-order valence-electron chi connectivity index (χ0n) is 13.2. The lowest BCUT2D eigenvalue weighted by molar-refractivity contribution is -0.385. The molecule has 0 amide bonds. The van der Waals surface area contributed by atoms with Gasteiger partial charge in [-0.3, -0.25) is 10.1 Å². The van der Waals surface area contributed by atoms with Gasteiger partial charge in [0.2, 0.25) is 5.75 Å². The number of benzene rings is 2. The van der Waals surface area contributed by atoms with E-state index in [0.717, 1.165) is 12.0 Å². The van der Waals surface area contributed by atoms with Crippen molar-refractivity contribution in [2.24, 2.45) is 5.73 Å². The number of carbonyl (C=O) groups is 1. The summed E-state index contributed by atoms with van der Waals surface area (Å²) in [5.74, 6) is 0.0690. The molecule has 2 aromatic rings. The Kier molecular flexibility index (Phi) is 5.86. The Morgan fingerprint density at radius 2 is 1.92 bits per heavy atom. The molecule has 0 aliphatic rings. The highest BCUT2D eigenvalue weighted by Gasteiger charge is 2.17. The van der Waals surface area contributed by atoms with Crippen molar-refractivity contribution in [3.05, 3.63) is 63.7 Å². The van der Waals surface area contributed by atoms with Gasteiger partial charge in [-0.05, 0) is 55.3 Å². The summed E-state index contributed by atoms with van der Waals surface area (Å²) >= 11 is 0. The fourth-order valence-corrected chi connectivity index (χ4v) is 2.16. The van der Waals surface area contributed by atoms with Crippen LogP contribution < -0.4 is 10.5 Å². The average molecular weight is 330 g/mol. The molecular formula is C17H18N2O5. The van der Waals surface area contributed by atoms with Gasteiger partial charge in [0.05, 0.1) is 17.6 Å². The van der Waals surface area contributed by atoms with Crippen molar-refractivity contribution >= 4 is 11.7 Å². The van der Waals surface area contributed by atoms with Gasteiger partial charge in [0, 0.05) is 6.07 Å². The Hall–Kier alpha value is -2.93. The highest BCUT2D eigenvalue weighted by molar-refractivity contribution is 5.89. The fraction of sp³-hybridized carbons (Fsp3) is 0.235. The minimum atomic E-state index is -0.482. The summed E-state index contributed by atoms with van der Waals surface area (Å²) < 4.78 is 10.2. The largest absolute Gasteiger partial charge is 0.465 e. The van der Waals surface area contributed by atoms with Crippen molar-refractivity contribution in [3.8, 4) is 11.5 Å². The molecule has 2 rings (SSSR count). The van der Waals surface area contributed by atoms with E-state index in [-0.39, 0.29) is 11.4 Å². The Morgan fingerprint density at radius 1 is 1.21 bits per heavy atom. The Bertz CT molecular complexity index is 728. The Balaban J connectivity index is 2.22. The van der Waals surface area contributed by atoms with Crippen molar-refractivity contribution in [2.45, 2.75) is 12.8 Å². The highest BCUT2D eigenvalue weighted by atomic mass is 16.6. The zero-order valence-corrected chi connectivity index (χ0v) is 13.2. The minimum absolute atomic E-state index is 0.110. The van der Waals surface area contributed by atoms with E-state index in [0.29, 0.717) is 24.3 Å². The molecule has 0 saturated heterocycles. The molecule has 126 valence electrons. The molecule has 0 aromatic heterocycles. The van der Waals surface area contributed by atoms with Crippen LogP contribution in [0.3, 0.4) is 0 Å². The first-order chi connectivity index (χ1) is 11.5. The lowest BCUT2D eigenvalue weighted by Crippen LogP contribution is -2.01. The SMILES string of the molecule is COC(=O)c1ccc(Oc2ccc(CCCN)cc2[N+](=O)[O-])cc1. The summed E-state index contributed by atoms with van der Waals surface area (Å²) in [4.78, 5) is 22.2. The van der Waals surface area contributed by atoms with Gasteiger partial charge in [0.25, 0.3) is 0 Å². The standard InChI is InChI=1S/C17H18N2O5/c1-23-17(20)13-5-7-14(8-6-13)24-16-9-4-12(3-2-10-18)11-15(16)19(21)22/h4-9,11H,2-3,10,18H2,1H3. The maximum atomic E-state index is 11.4. The molecule has 0 bridgehead atoms. The first-order valence-corrected chi connectivity index (χ1v) is 7.38. The molecule has 2 aromatic carbocycles. The number of hydrogen-bond donors (Lipinski definition) is 1. The van der Waals surface area contributed by atoms with E-state index < -0.39 is 10.9 Å². The van der Waals surface area contributed by atoms with E-state index in [2.05, 4.69) is 4.74 Å². The number of rotatable bonds is 7. The van der Waals surface area contributed by atoms with Gasteiger partial charge >= 0.3 is 11.7 Å². The summed E-state index contributed by atoms with van der Waals surface area (Å²) in [6.45, 7) is 0.526. The molecule has 7 heteroatoms. The van der Waals surface area contributed by atoms with E-state index >= 15 is 0 Å². The number of nitro benzene ring substituents is 1. The van der Waals surface area contributed by atoms with Crippen LogP contribution >= 0.6 is 0 Å². The number of nitrogens with two attached hydrogens (primary N) is 1. The van der Waals surface area contributed by atoms with E-state index in [1.165, 1.54) is 25.3 Å². The normalized spacial score (nSPS) is 10.2. The van der Waals surface area contributed by atoms with Crippen molar-refractivity contribution in [1.29, 1.82) is 0 Å². The van der Waals surface area contributed by atoms with Crippen LogP contribution in [0.25, 0.3) is 0 Å². The number of nitrogens with zero attached hydrogens (tertiary/aromatic N) is 1. The van der Waals surface area contributed by atoms with Crippen LogP contribution in [-0.4, -0.2) is 24.5 Å². The van der Waals surface area contributed by atoms with Crippen molar-refractivity contribution < 1.29 is 19.2 Å². The number of hydrogen-bond acceptors (Lipinski definition) is 6. The third-order valence-corrected chi connectivity index (χ3v) is 3.39. The van der Waals surface area contributed by atoms with Crippen LogP contribution in [0, 0.1) is 10.1 Å². The molecule has 0 aliphatic heterocycles. The molecule has 0 atom stereocenters. The number of methoxy groups -OCH3 is 1. The summed E-state index contributed by atoms with van der Waals surface area (Å²) in [5, 5.41) is 11.3. The topological polar surface area (TPSA) is 105 Å². The van der Waals surface area contributed by atoms with Crippen LogP contribution in [0.1, 0.15) is 22.3 Å². The lowest BCUT2D eigenvalue weighted by Gasteiger charge is -2.08. The van der Waals surface area contributed by atoms with Gasteiger partial charge in [-0.1, -0.05) is 6.07 Å². The van der Waals surface area contributed by atoms with Gasteiger partial charge in [0.15, 0.2) is 0 Å². The monoisotopic (exact) mass is 330 g/mol. The second-order valence-corrected chi connectivity index (χ2v) is 5.07. The molecule has 0 fully saturated rings. The van der Waals surface area contributed by atoms with Crippen molar-refractivity contribution in [3.63, 3.8) is 0 Å². The van der Waals surface area contributed by atoms with E-state index in [9.17, 15) is 14.9 Å². The van der Waals surface area contributed by atoms with Crippen LogP contribution in [0.2, 0.25) is 0 Å². The van der Waals surface area contributed by atoms with Crippen LogP contribution in [0.5, 0.6) is 11.5 Å². The second kappa shape index (κ2) is 8.07. The molecule has 0 saturated carbocycles. The van der Waals surface area contributed by atoms with Crippen molar-refractivity contribution in [1.82, 2.24) is 0 Å². The number of aryl methyl sites for hydroxylation is 1. The predicted molar refractivity (Wildman–Crippen MR) is 88.3 cm³/mol. The van der Waals surface area contributed by atoms with Crippen molar-refractivity contribution in [2.75, 3.05) is 13.7 Å². The van der Waals surface area contributed by atoms with Crippen LogP contribution in [0.15, 0.2) is 42.5 Å². The Morgan fingerprint density at radius 3 is 2.50 bits per heavy atom. The summed E-state index contributed by atoms with van der Waals surface area (Å²) in [5.41, 5.74) is 6.55. The average Bonchev–Trinajstić information content (AvgIpc) is 2.60. The molecule has 7 nitrogen and oxygen atoms in total. The first kappa shape index (κ1) is 17.4. The van der Waals surface area contributed by atoms with Gasteiger partial charge in [0.1, 0.15) is 5.75 Å². The molecule has 0 aliphatic carbocycles. The predicted octanol–water partition coefficient (Wildman–Crippen LogP) is 3.07. The molecule has 24 heavy (non-hydrogen) atoms. The minimum Gasteiger partial charge on any atom is -0.465 e. The fourth-order valence-electron chi connectivity index (χ4n) is 2.16. The molecule has 2 N–H and O–H groups in total. The third kappa shape index (κ3) is 4.30. The van der Waals surface area contributed by atoms with Gasteiger partial charge in [-0.15, -0.1) is 0 Å². The molecular weight excluding hydrogens is 312 g/mol. The second-order valence-electron chi connectivity index (χ2n) is 5.07. The first-order valence-electron chi connectivity index (χ1n) is 7.38. The lowest BCUT2D eigenvalue weighted by atomic mass is 10.1. The summed E-state index contributed by atoms with van der Waals surface area (Å²) in [7, 11) is 1.29. The van der Waals surface area contributed by atoms with E-state index in [4.69, 9.17) is 10.5 Å². The molecule has 0 radical (unpaired) electrons. The highest BCUT2D eigenvalue weighted by Crippen LogP contribution is 2.32. The number of carbonyl (C=O) groups excluding carboxylic acids is 1. The Labute approximate surface area is 139 Å². The van der Waals surface area contributed by atoms with Gasteiger partial charge in [-0.25, -0.2) is 4.79 Å².